The molecule has 2 aliphatic rings. The first-order valence-corrected chi connectivity index (χ1v) is 12.0. The van der Waals surface area contributed by atoms with Gasteiger partial charge in [0, 0.05) is 32.1 Å². The monoisotopic (exact) mass is 412 g/mol. The summed E-state index contributed by atoms with van der Waals surface area (Å²) < 4.78 is 27.0. The number of rotatable bonds is 4. The molecular formula is C23H28N2O3S. The number of nitrogens with zero attached hydrogens (tertiary/aromatic N) is 2. The average Bonchev–Trinajstić information content (AvgIpc) is 2.96. The van der Waals surface area contributed by atoms with Crippen LogP contribution in [0.5, 0.6) is 0 Å². The molecule has 1 amide bonds. The third kappa shape index (κ3) is 4.70. The van der Waals surface area contributed by atoms with Crippen molar-refractivity contribution in [2.75, 3.05) is 26.2 Å². The molecule has 0 spiro atoms. The molecule has 1 saturated heterocycles. The average molecular weight is 413 g/mol. The second kappa shape index (κ2) is 8.67. The molecular weight excluding hydrogens is 384 g/mol. The molecule has 2 aromatic rings. The van der Waals surface area contributed by atoms with Crippen molar-refractivity contribution in [3.05, 3.63) is 71.3 Å². The highest BCUT2D eigenvalue weighted by molar-refractivity contribution is 7.88. The van der Waals surface area contributed by atoms with E-state index in [0.29, 0.717) is 25.9 Å². The zero-order valence-electron chi connectivity index (χ0n) is 16.7. The maximum atomic E-state index is 13.1. The van der Waals surface area contributed by atoms with Gasteiger partial charge >= 0.3 is 0 Å². The Bertz CT molecular complexity index is 924. The maximum absolute atomic E-state index is 13.1. The van der Waals surface area contributed by atoms with E-state index >= 15 is 0 Å². The number of hydrogen-bond acceptors (Lipinski definition) is 3. The van der Waals surface area contributed by atoms with Crippen LogP contribution in [0.2, 0.25) is 0 Å². The molecule has 0 saturated carbocycles. The minimum absolute atomic E-state index is 0.0246. The van der Waals surface area contributed by atoms with Crippen LogP contribution in [0, 0.1) is 5.92 Å². The van der Waals surface area contributed by atoms with E-state index < -0.39 is 10.0 Å². The molecule has 0 aliphatic carbocycles. The molecule has 0 aromatic heterocycles. The van der Waals surface area contributed by atoms with E-state index in [1.165, 1.54) is 11.1 Å². The quantitative estimate of drug-likeness (QED) is 0.776. The molecule has 5 nitrogen and oxygen atoms in total. The van der Waals surface area contributed by atoms with Gasteiger partial charge in [-0.3, -0.25) is 4.79 Å². The fourth-order valence-electron chi connectivity index (χ4n) is 4.40. The van der Waals surface area contributed by atoms with Gasteiger partial charge in [-0.05, 0) is 42.4 Å². The van der Waals surface area contributed by atoms with E-state index in [9.17, 15) is 13.2 Å². The normalized spacial score (nSPS) is 18.8. The first kappa shape index (κ1) is 20.1. The molecule has 2 aliphatic heterocycles. The zero-order valence-corrected chi connectivity index (χ0v) is 17.5. The lowest BCUT2D eigenvalue weighted by molar-refractivity contribution is -0.136. The second-order valence-corrected chi connectivity index (χ2v) is 9.98. The third-order valence-electron chi connectivity index (χ3n) is 6.12. The molecule has 6 heteroatoms. The Morgan fingerprint density at radius 2 is 1.38 bits per heavy atom. The summed E-state index contributed by atoms with van der Waals surface area (Å²) in [5, 5.41) is 0. The van der Waals surface area contributed by atoms with E-state index in [0.717, 1.165) is 31.5 Å². The number of carbonyl (C=O) groups is 1. The lowest BCUT2D eigenvalue weighted by Gasteiger charge is -2.33. The molecule has 154 valence electrons. The number of sulfonamides is 1. The van der Waals surface area contributed by atoms with Gasteiger partial charge in [0.25, 0.3) is 0 Å². The van der Waals surface area contributed by atoms with Crippen LogP contribution in [0.1, 0.15) is 29.5 Å². The number of benzene rings is 2. The standard InChI is InChI=1S/C23H28N2O3S/c26-23(24-14-10-20-8-4-5-9-21(20)11-15-24)22-12-16-25(17-13-22)29(27,28)18-19-6-2-1-3-7-19/h1-9,22H,10-18H2. The summed E-state index contributed by atoms with van der Waals surface area (Å²) in [7, 11) is -3.34. The molecule has 0 radical (unpaired) electrons. The largest absolute Gasteiger partial charge is 0.342 e. The Kier molecular flexibility index (Phi) is 6.01. The minimum Gasteiger partial charge on any atom is -0.342 e. The first-order chi connectivity index (χ1) is 14.0. The van der Waals surface area contributed by atoms with E-state index in [2.05, 4.69) is 24.3 Å². The Morgan fingerprint density at radius 1 is 0.828 bits per heavy atom. The maximum Gasteiger partial charge on any atom is 0.225 e. The number of piperidine rings is 1. The number of fused-ring (bicyclic) bond motifs is 1. The van der Waals surface area contributed by atoms with Crippen molar-refractivity contribution < 1.29 is 13.2 Å². The van der Waals surface area contributed by atoms with Gasteiger partial charge in [-0.2, -0.15) is 0 Å². The fraction of sp³-hybridized carbons (Fsp3) is 0.435. The van der Waals surface area contributed by atoms with E-state index in [4.69, 9.17) is 0 Å². The Balaban J connectivity index is 1.33. The Labute approximate surface area is 173 Å². The summed E-state index contributed by atoms with van der Waals surface area (Å²) in [6.07, 6.45) is 3.00. The van der Waals surface area contributed by atoms with Gasteiger partial charge in [0.2, 0.25) is 15.9 Å². The van der Waals surface area contributed by atoms with Gasteiger partial charge in [-0.25, -0.2) is 12.7 Å². The van der Waals surface area contributed by atoms with E-state index in [1.54, 1.807) is 4.31 Å². The van der Waals surface area contributed by atoms with Crippen molar-refractivity contribution >= 4 is 15.9 Å². The fourth-order valence-corrected chi connectivity index (χ4v) is 5.97. The zero-order chi connectivity index (χ0) is 20.3. The molecule has 2 heterocycles. The predicted octanol–water partition coefficient (Wildman–Crippen LogP) is 2.86. The van der Waals surface area contributed by atoms with Crippen LogP contribution in [0.25, 0.3) is 0 Å². The van der Waals surface area contributed by atoms with Crippen LogP contribution >= 0.6 is 0 Å². The van der Waals surface area contributed by atoms with E-state index in [1.807, 2.05) is 35.2 Å². The summed E-state index contributed by atoms with van der Waals surface area (Å²) in [5.74, 6) is 0.147. The van der Waals surface area contributed by atoms with Gasteiger partial charge in [0.1, 0.15) is 0 Å². The summed E-state index contributed by atoms with van der Waals surface area (Å²) in [6.45, 7) is 2.37. The topological polar surface area (TPSA) is 57.7 Å². The van der Waals surface area contributed by atoms with Crippen LogP contribution in [-0.4, -0.2) is 49.7 Å². The van der Waals surface area contributed by atoms with Crippen LogP contribution in [0.4, 0.5) is 0 Å². The smallest absolute Gasteiger partial charge is 0.225 e. The summed E-state index contributed by atoms with van der Waals surface area (Å²) in [6, 6.07) is 17.7. The van der Waals surface area contributed by atoms with Crippen molar-refractivity contribution in [1.82, 2.24) is 9.21 Å². The van der Waals surface area contributed by atoms with Crippen molar-refractivity contribution in [3.8, 4) is 0 Å². The number of hydrogen-bond donors (Lipinski definition) is 0. The van der Waals surface area contributed by atoms with Crippen LogP contribution in [-0.2, 0) is 33.4 Å². The van der Waals surface area contributed by atoms with Crippen LogP contribution < -0.4 is 0 Å². The summed E-state index contributed by atoms with van der Waals surface area (Å²) in [4.78, 5) is 15.0. The SMILES string of the molecule is O=C(C1CCN(S(=O)(=O)Cc2ccccc2)CC1)N1CCc2ccccc2CC1. The predicted molar refractivity (Wildman–Crippen MR) is 114 cm³/mol. The molecule has 2 aromatic carbocycles. The van der Waals surface area contributed by atoms with Gasteiger partial charge in [0.15, 0.2) is 0 Å². The first-order valence-electron chi connectivity index (χ1n) is 10.4. The third-order valence-corrected chi connectivity index (χ3v) is 7.97. The van der Waals surface area contributed by atoms with Gasteiger partial charge in [0.05, 0.1) is 5.75 Å². The van der Waals surface area contributed by atoms with E-state index in [-0.39, 0.29) is 17.6 Å². The number of carbonyl (C=O) groups excluding carboxylic acids is 1. The molecule has 0 bridgehead atoms. The van der Waals surface area contributed by atoms with Crippen molar-refractivity contribution in [2.45, 2.75) is 31.4 Å². The molecule has 0 unspecified atom stereocenters. The molecule has 4 rings (SSSR count). The van der Waals surface area contributed by atoms with Gasteiger partial charge in [-0.15, -0.1) is 0 Å². The van der Waals surface area contributed by atoms with Gasteiger partial charge in [-0.1, -0.05) is 54.6 Å². The van der Waals surface area contributed by atoms with Crippen molar-refractivity contribution in [2.24, 2.45) is 5.92 Å². The lowest BCUT2D eigenvalue weighted by atomic mass is 9.96. The highest BCUT2D eigenvalue weighted by Crippen LogP contribution is 2.25. The summed E-state index contributed by atoms with van der Waals surface area (Å²) >= 11 is 0. The second-order valence-electron chi connectivity index (χ2n) is 8.01. The Morgan fingerprint density at radius 3 is 1.97 bits per heavy atom. The minimum atomic E-state index is -3.34. The molecule has 0 N–H and O–H groups in total. The molecule has 29 heavy (non-hydrogen) atoms. The molecule has 1 fully saturated rings. The van der Waals surface area contributed by atoms with Crippen LogP contribution in [0.15, 0.2) is 54.6 Å². The Hall–Kier alpha value is -2.18. The lowest BCUT2D eigenvalue weighted by Crippen LogP contribution is -2.45. The van der Waals surface area contributed by atoms with Crippen LogP contribution in [0.3, 0.4) is 0 Å². The van der Waals surface area contributed by atoms with Crippen molar-refractivity contribution in [3.63, 3.8) is 0 Å². The van der Waals surface area contributed by atoms with Gasteiger partial charge < -0.3 is 4.90 Å². The molecule has 0 atom stereocenters. The van der Waals surface area contributed by atoms with Crippen molar-refractivity contribution in [1.29, 1.82) is 0 Å². The summed E-state index contributed by atoms with van der Waals surface area (Å²) in [5.41, 5.74) is 3.48. The number of amides is 1. The highest BCUT2D eigenvalue weighted by atomic mass is 32.2. The highest BCUT2D eigenvalue weighted by Gasteiger charge is 2.33.